The molecule has 8 heteroatoms. The standard InChI is InChI=1S/C88H50N6O2/c1-4-18-51(19-5-1)83-89-84(52-20-6-2-7-21-52)92-87(91-83)70-32-16-34-78-81(70)74-49-57(38-44-76(74)95-78)56-37-41-66-65-40-36-55(47-72(65)63-28-12-13-29-64(63)73(66)48-56)54-24-14-25-59(46-54)86-90-85(53-22-8-3-9-23-53)93-88(94-86)71-33-17-35-79-82(71)75-50-58(39-45-77(75)96-79)60-42-43-69-62-27-11-10-26-61(62)68-31-15-30-67(60)80(68)69/h1-50H. The lowest BCUT2D eigenvalue weighted by Crippen LogP contribution is -2.00. The molecule has 4 aromatic heterocycles. The van der Waals surface area contributed by atoms with Gasteiger partial charge in [0, 0.05) is 54.9 Å². The molecule has 0 bridgehead atoms. The van der Waals surface area contributed by atoms with E-state index in [0.717, 1.165) is 105 Å². The van der Waals surface area contributed by atoms with Crippen LogP contribution in [0.1, 0.15) is 0 Å². The molecule has 0 radical (unpaired) electrons. The molecule has 0 aliphatic heterocycles. The van der Waals surface area contributed by atoms with Gasteiger partial charge in [-0.15, -0.1) is 0 Å². The predicted octanol–water partition coefficient (Wildman–Crippen LogP) is 23.1. The van der Waals surface area contributed by atoms with Gasteiger partial charge in [0.25, 0.3) is 0 Å². The van der Waals surface area contributed by atoms with Crippen molar-refractivity contribution in [1.82, 2.24) is 29.9 Å². The fourth-order valence-electron chi connectivity index (χ4n) is 14.9. The van der Waals surface area contributed by atoms with E-state index in [2.05, 4.69) is 200 Å². The molecule has 0 atom stereocenters. The summed E-state index contributed by atoms with van der Waals surface area (Å²) in [4.78, 5) is 31.1. The van der Waals surface area contributed by atoms with Crippen LogP contribution in [-0.2, 0) is 0 Å². The zero-order chi connectivity index (χ0) is 63.0. The minimum absolute atomic E-state index is 0.565. The summed E-state index contributed by atoms with van der Waals surface area (Å²) >= 11 is 0. The van der Waals surface area contributed by atoms with E-state index in [0.29, 0.717) is 34.9 Å². The molecule has 0 spiro atoms. The van der Waals surface area contributed by atoms with E-state index in [1.54, 1.807) is 0 Å². The molecule has 0 saturated heterocycles. The van der Waals surface area contributed by atoms with Crippen molar-refractivity contribution in [3.05, 3.63) is 303 Å². The van der Waals surface area contributed by atoms with Gasteiger partial charge in [-0.05, 0) is 153 Å². The van der Waals surface area contributed by atoms with Gasteiger partial charge in [0.2, 0.25) is 0 Å². The smallest absolute Gasteiger partial charge is 0.164 e. The quantitative estimate of drug-likeness (QED) is 0.132. The average Bonchev–Trinajstić information content (AvgIpc) is 1.30. The molecule has 0 amide bonds. The topological polar surface area (TPSA) is 104 Å². The predicted molar refractivity (Wildman–Crippen MR) is 391 cm³/mol. The van der Waals surface area contributed by atoms with Crippen LogP contribution in [0.25, 0.3) is 211 Å². The van der Waals surface area contributed by atoms with E-state index in [1.807, 2.05) is 103 Å². The lowest BCUT2D eigenvalue weighted by Gasteiger charge is -2.14. The summed E-state index contributed by atoms with van der Waals surface area (Å²) in [6, 6.07) is 107. The van der Waals surface area contributed by atoms with Crippen molar-refractivity contribution in [2.45, 2.75) is 0 Å². The first-order valence-corrected chi connectivity index (χ1v) is 32.3. The molecule has 0 unspecified atom stereocenters. The second-order valence-electron chi connectivity index (χ2n) is 24.8. The minimum Gasteiger partial charge on any atom is -0.456 e. The third kappa shape index (κ3) is 8.56. The molecule has 0 fully saturated rings. The molecule has 96 heavy (non-hydrogen) atoms. The summed E-state index contributed by atoms with van der Waals surface area (Å²) < 4.78 is 13.3. The molecule has 1 aliphatic rings. The van der Waals surface area contributed by atoms with Gasteiger partial charge >= 0.3 is 0 Å². The van der Waals surface area contributed by atoms with Crippen molar-refractivity contribution < 1.29 is 8.83 Å². The van der Waals surface area contributed by atoms with Gasteiger partial charge in [0.05, 0.1) is 0 Å². The van der Waals surface area contributed by atoms with Gasteiger partial charge in [0.1, 0.15) is 22.3 Å². The number of rotatable bonds is 9. The minimum atomic E-state index is 0.565. The number of hydrogen-bond acceptors (Lipinski definition) is 8. The number of fused-ring (bicyclic) bond motifs is 15. The Bertz CT molecular complexity index is 6350. The monoisotopic (exact) mass is 1220 g/mol. The van der Waals surface area contributed by atoms with Crippen LogP contribution in [0.15, 0.2) is 312 Å². The largest absolute Gasteiger partial charge is 0.456 e. The second kappa shape index (κ2) is 21.3. The van der Waals surface area contributed by atoms with Crippen molar-refractivity contribution in [3.8, 4) is 124 Å². The van der Waals surface area contributed by atoms with Crippen molar-refractivity contribution in [3.63, 3.8) is 0 Å². The summed E-state index contributed by atoms with van der Waals surface area (Å²) in [6.45, 7) is 0. The highest BCUT2D eigenvalue weighted by atomic mass is 16.3. The Morgan fingerprint density at radius 1 is 0.156 bits per heavy atom. The van der Waals surface area contributed by atoms with Crippen LogP contribution in [0, 0.1) is 0 Å². The zero-order valence-corrected chi connectivity index (χ0v) is 51.4. The molecule has 0 saturated carbocycles. The third-order valence-electron chi connectivity index (χ3n) is 19.3. The maximum absolute atomic E-state index is 6.67. The van der Waals surface area contributed by atoms with Crippen molar-refractivity contribution in [2.75, 3.05) is 0 Å². The highest BCUT2D eigenvalue weighted by molar-refractivity contribution is 6.27. The van der Waals surface area contributed by atoms with Crippen molar-refractivity contribution >= 4 is 87.0 Å². The number of benzene rings is 15. The normalized spacial score (nSPS) is 12.0. The van der Waals surface area contributed by atoms with Crippen LogP contribution in [0.3, 0.4) is 0 Å². The highest BCUT2D eigenvalue weighted by Gasteiger charge is 2.25. The fourth-order valence-corrected chi connectivity index (χ4v) is 14.9. The molecule has 19 aromatic rings. The SMILES string of the molecule is c1ccc(-c2nc(-c3ccccc3)nc(-c3cccc4oc5ccc(-c6ccc7c8ccc(-c9cccc(-c%10nc(-c%11ccccc%11)nc(-c%11cccc%12oc%13ccc(-c%14ccc%15c%16c(cccc%14%16)-c%14ccccc%14-%15)cc%13c%11%12)n%10)c9)cc8c8ccccc8c7c6)cc5c34)n2)cc1. The summed E-state index contributed by atoms with van der Waals surface area (Å²) in [6.07, 6.45) is 0. The third-order valence-corrected chi connectivity index (χ3v) is 19.3. The molecular formula is C88H50N6O2. The molecular weight excluding hydrogens is 1170 g/mol. The van der Waals surface area contributed by atoms with Crippen LogP contribution in [0.5, 0.6) is 0 Å². The lowest BCUT2D eigenvalue weighted by atomic mass is 9.90. The van der Waals surface area contributed by atoms with E-state index in [4.69, 9.17) is 38.7 Å². The van der Waals surface area contributed by atoms with Crippen molar-refractivity contribution in [2.24, 2.45) is 0 Å². The highest BCUT2D eigenvalue weighted by Crippen LogP contribution is 2.50. The first-order valence-electron chi connectivity index (χ1n) is 32.3. The Labute approximate surface area is 549 Å². The molecule has 8 nitrogen and oxygen atoms in total. The van der Waals surface area contributed by atoms with E-state index in [9.17, 15) is 0 Å². The van der Waals surface area contributed by atoms with Gasteiger partial charge < -0.3 is 8.83 Å². The Kier molecular flexibility index (Phi) is 11.9. The van der Waals surface area contributed by atoms with Gasteiger partial charge in [0.15, 0.2) is 34.9 Å². The first kappa shape index (κ1) is 53.6. The summed E-state index contributed by atoms with van der Waals surface area (Å²) in [5.41, 5.74) is 20.2. The van der Waals surface area contributed by atoms with Gasteiger partial charge in [-0.3, -0.25) is 0 Å². The van der Waals surface area contributed by atoms with Gasteiger partial charge in [-0.25, -0.2) is 29.9 Å². The summed E-state index contributed by atoms with van der Waals surface area (Å²) in [5.74, 6) is 3.52. The number of aromatic nitrogens is 6. The lowest BCUT2D eigenvalue weighted by molar-refractivity contribution is 0.668. The van der Waals surface area contributed by atoms with Gasteiger partial charge in [-0.1, -0.05) is 249 Å². The molecule has 0 N–H and O–H groups in total. The Hall–Kier alpha value is -13.0. The van der Waals surface area contributed by atoms with Crippen molar-refractivity contribution in [1.29, 1.82) is 0 Å². The maximum atomic E-state index is 6.67. The van der Waals surface area contributed by atoms with Crippen LogP contribution in [-0.4, -0.2) is 29.9 Å². The van der Waals surface area contributed by atoms with E-state index < -0.39 is 0 Å². The zero-order valence-electron chi connectivity index (χ0n) is 51.4. The Morgan fingerprint density at radius 2 is 0.500 bits per heavy atom. The Balaban J connectivity index is 0.673. The summed E-state index contributed by atoms with van der Waals surface area (Å²) in [7, 11) is 0. The van der Waals surface area contributed by atoms with Crippen LogP contribution >= 0.6 is 0 Å². The number of furan rings is 2. The Morgan fingerprint density at radius 3 is 1.04 bits per heavy atom. The van der Waals surface area contributed by atoms with E-state index >= 15 is 0 Å². The fraction of sp³-hybridized carbons (Fsp3) is 0. The molecule has 1 aliphatic carbocycles. The van der Waals surface area contributed by atoms with Crippen LogP contribution in [0.4, 0.5) is 0 Å². The van der Waals surface area contributed by atoms with Crippen LogP contribution < -0.4 is 0 Å². The van der Waals surface area contributed by atoms with E-state index in [1.165, 1.54) is 70.9 Å². The van der Waals surface area contributed by atoms with Crippen LogP contribution in [0.2, 0.25) is 0 Å². The second-order valence-corrected chi connectivity index (χ2v) is 24.8. The number of hydrogen-bond donors (Lipinski definition) is 0. The summed E-state index contributed by atoms with van der Waals surface area (Å²) in [5, 5.41) is 13.5. The first-order chi connectivity index (χ1) is 47.5. The number of nitrogens with zero attached hydrogens (tertiary/aromatic N) is 6. The van der Waals surface area contributed by atoms with E-state index in [-0.39, 0.29) is 0 Å². The molecule has 20 rings (SSSR count). The average molecular weight is 1220 g/mol. The molecule has 444 valence electrons. The maximum Gasteiger partial charge on any atom is 0.164 e. The molecule has 4 heterocycles. The van der Waals surface area contributed by atoms with Gasteiger partial charge in [-0.2, -0.15) is 0 Å². The molecule has 15 aromatic carbocycles.